The Hall–Kier alpha value is -0.260. The molecule has 0 bridgehead atoms. The quantitative estimate of drug-likeness (QED) is 0.533. The molecule has 0 aromatic carbocycles. The van der Waals surface area contributed by atoms with E-state index in [2.05, 4.69) is 41.2 Å². The predicted octanol–water partition coefficient (Wildman–Crippen LogP) is 4.42. The third-order valence-corrected chi connectivity index (χ3v) is 2.95. The molecule has 72 valence electrons. The van der Waals surface area contributed by atoms with Crippen molar-refractivity contribution in [1.29, 1.82) is 0 Å². The van der Waals surface area contributed by atoms with Crippen LogP contribution in [0.25, 0.3) is 0 Å². The van der Waals surface area contributed by atoms with E-state index >= 15 is 0 Å². The van der Waals surface area contributed by atoms with Gasteiger partial charge in [0.15, 0.2) is 0 Å². The molecule has 0 aromatic rings. The first kappa shape index (κ1) is 11.7. The van der Waals surface area contributed by atoms with Gasteiger partial charge in [-0.15, -0.1) is 0 Å². The van der Waals surface area contributed by atoms with Gasteiger partial charge in [0.05, 0.1) is 0 Å². The molecule has 0 N–H and O–H groups in total. The number of hydrogen-bond donors (Lipinski definition) is 0. The summed E-state index contributed by atoms with van der Waals surface area (Å²) in [7, 11) is 0. The normalized spacial score (nSPS) is 14.4. The fraction of sp³-hybridized carbons (Fsp3) is 0.833. The number of rotatable bonds is 5. The molecule has 0 aliphatic rings. The largest absolute Gasteiger partial charge is 0.0999 e. The maximum absolute atomic E-state index is 4.04. The highest BCUT2D eigenvalue weighted by Crippen LogP contribution is 2.32. The fourth-order valence-electron chi connectivity index (χ4n) is 1.48. The van der Waals surface area contributed by atoms with Crippen LogP contribution >= 0.6 is 0 Å². The van der Waals surface area contributed by atoms with Crippen molar-refractivity contribution < 1.29 is 0 Å². The van der Waals surface area contributed by atoms with Gasteiger partial charge in [-0.3, -0.25) is 0 Å². The molecule has 0 heteroatoms. The van der Waals surface area contributed by atoms with Gasteiger partial charge in [-0.05, 0) is 31.1 Å². The highest BCUT2D eigenvalue weighted by molar-refractivity contribution is 4.97. The van der Waals surface area contributed by atoms with Crippen LogP contribution in [0.5, 0.6) is 0 Å². The Kier molecular flexibility index (Phi) is 4.59. The van der Waals surface area contributed by atoms with E-state index < -0.39 is 0 Å². The van der Waals surface area contributed by atoms with Gasteiger partial charge in [0.25, 0.3) is 0 Å². The van der Waals surface area contributed by atoms with Crippen LogP contribution in [0.1, 0.15) is 53.9 Å². The van der Waals surface area contributed by atoms with Crippen LogP contribution in [-0.2, 0) is 0 Å². The lowest BCUT2D eigenvalue weighted by Gasteiger charge is -2.28. The van der Waals surface area contributed by atoms with Gasteiger partial charge in [-0.2, -0.15) is 0 Å². The first-order valence-corrected chi connectivity index (χ1v) is 5.08. The van der Waals surface area contributed by atoms with Gasteiger partial charge in [-0.1, -0.05) is 46.3 Å². The van der Waals surface area contributed by atoms with Crippen LogP contribution in [0.2, 0.25) is 0 Å². The SMILES string of the molecule is C=C(C)C(CC)CC(C)(C)CC. The standard InChI is InChI=1S/C12H24/c1-7-11(10(3)4)9-12(5,6)8-2/h11H,3,7-9H2,1-2,4-6H3. The molecule has 0 nitrogen and oxygen atoms in total. The zero-order chi connectivity index (χ0) is 9.78. The van der Waals surface area contributed by atoms with Gasteiger partial charge in [0.2, 0.25) is 0 Å². The van der Waals surface area contributed by atoms with E-state index in [-0.39, 0.29) is 0 Å². The van der Waals surface area contributed by atoms with Gasteiger partial charge in [0.1, 0.15) is 0 Å². The second kappa shape index (κ2) is 4.69. The summed E-state index contributed by atoms with van der Waals surface area (Å²) >= 11 is 0. The summed E-state index contributed by atoms with van der Waals surface area (Å²) in [5.41, 5.74) is 1.83. The third-order valence-electron chi connectivity index (χ3n) is 2.95. The minimum absolute atomic E-state index is 0.486. The van der Waals surface area contributed by atoms with E-state index in [1.807, 2.05) is 0 Å². The summed E-state index contributed by atoms with van der Waals surface area (Å²) in [4.78, 5) is 0. The summed E-state index contributed by atoms with van der Waals surface area (Å²) in [5.74, 6) is 0.722. The lowest BCUT2D eigenvalue weighted by atomic mass is 9.78. The molecule has 0 saturated carbocycles. The lowest BCUT2D eigenvalue weighted by molar-refractivity contribution is 0.272. The van der Waals surface area contributed by atoms with Crippen LogP contribution in [0.3, 0.4) is 0 Å². The zero-order valence-electron chi connectivity index (χ0n) is 9.41. The summed E-state index contributed by atoms with van der Waals surface area (Å²) in [6, 6.07) is 0. The van der Waals surface area contributed by atoms with Gasteiger partial charge < -0.3 is 0 Å². The predicted molar refractivity (Wildman–Crippen MR) is 57.3 cm³/mol. The van der Waals surface area contributed by atoms with E-state index in [1.165, 1.54) is 24.8 Å². The number of hydrogen-bond acceptors (Lipinski definition) is 0. The molecule has 0 fully saturated rings. The second-order valence-electron chi connectivity index (χ2n) is 4.67. The van der Waals surface area contributed by atoms with Crippen LogP contribution in [0.4, 0.5) is 0 Å². The lowest BCUT2D eigenvalue weighted by Crippen LogP contribution is -2.16. The second-order valence-corrected chi connectivity index (χ2v) is 4.67. The number of allylic oxidation sites excluding steroid dienone is 1. The summed E-state index contributed by atoms with van der Waals surface area (Å²) in [6.45, 7) is 15.4. The molecule has 0 amide bonds. The van der Waals surface area contributed by atoms with E-state index in [9.17, 15) is 0 Å². The van der Waals surface area contributed by atoms with Crippen molar-refractivity contribution in [3.63, 3.8) is 0 Å². The van der Waals surface area contributed by atoms with Gasteiger partial charge in [-0.25, -0.2) is 0 Å². The van der Waals surface area contributed by atoms with Crippen LogP contribution < -0.4 is 0 Å². The van der Waals surface area contributed by atoms with Crippen LogP contribution in [0, 0.1) is 11.3 Å². The Morgan fingerprint density at radius 2 is 1.83 bits per heavy atom. The van der Waals surface area contributed by atoms with Crippen LogP contribution in [-0.4, -0.2) is 0 Å². The molecule has 0 radical (unpaired) electrons. The molecular weight excluding hydrogens is 144 g/mol. The Bertz CT molecular complexity index is 142. The Morgan fingerprint density at radius 1 is 1.33 bits per heavy atom. The Labute approximate surface area is 78.1 Å². The summed E-state index contributed by atoms with van der Waals surface area (Å²) in [6.07, 6.45) is 3.78. The molecule has 0 spiro atoms. The third kappa shape index (κ3) is 3.94. The van der Waals surface area contributed by atoms with Gasteiger partial charge in [0, 0.05) is 0 Å². The van der Waals surface area contributed by atoms with Crippen molar-refractivity contribution in [2.24, 2.45) is 11.3 Å². The molecule has 0 aliphatic heterocycles. The molecule has 0 aliphatic carbocycles. The van der Waals surface area contributed by atoms with Crippen LogP contribution in [0.15, 0.2) is 12.2 Å². The summed E-state index contributed by atoms with van der Waals surface area (Å²) < 4.78 is 0. The van der Waals surface area contributed by atoms with Crippen molar-refractivity contribution >= 4 is 0 Å². The monoisotopic (exact) mass is 168 g/mol. The van der Waals surface area contributed by atoms with E-state index in [4.69, 9.17) is 0 Å². The maximum Gasteiger partial charge on any atom is -0.0206 e. The van der Waals surface area contributed by atoms with Crippen molar-refractivity contribution in [1.82, 2.24) is 0 Å². The molecular formula is C12H24. The van der Waals surface area contributed by atoms with Crippen molar-refractivity contribution in [2.75, 3.05) is 0 Å². The Balaban J connectivity index is 4.11. The smallest absolute Gasteiger partial charge is 0.0206 e. The molecule has 0 aromatic heterocycles. The Morgan fingerprint density at radius 3 is 2.08 bits per heavy atom. The zero-order valence-corrected chi connectivity index (χ0v) is 9.41. The molecule has 1 unspecified atom stereocenters. The molecule has 0 rings (SSSR count). The molecule has 12 heavy (non-hydrogen) atoms. The average molecular weight is 168 g/mol. The minimum atomic E-state index is 0.486. The molecule has 1 atom stereocenters. The topological polar surface area (TPSA) is 0 Å². The maximum atomic E-state index is 4.04. The van der Waals surface area contributed by atoms with E-state index in [0.717, 1.165) is 5.92 Å². The van der Waals surface area contributed by atoms with Crippen molar-refractivity contribution in [2.45, 2.75) is 53.9 Å². The average Bonchev–Trinajstić information content (AvgIpc) is 2.00. The molecule has 0 saturated heterocycles. The summed E-state index contributed by atoms with van der Waals surface area (Å²) in [5, 5.41) is 0. The van der Waals surface area contributed by atoms with Gasteiger partial charge >= 0.3 is 0 Å². The first-order valence-electron chi connectivity index (χ1n) is 5.08. The highest BCUT2D eigenvalue weighted by atomic mass is 14.3. The van der Waals surface area contributed by atoms with Crippen molar-refractivity contribution in [3.8, 4) is 0 Å². The van der Waals surface area contributed by atoms with Crippen molar-refractivity contribution in [3.05, 3.63) is 12.2 Å². The highest BCUT2D eigenvalue weighted by Gasteiger charge is 2.20. The minimum Gasteiger partial charge on any atom is -0.0999 e. The molecule has 0 heterocycles. The van der Waals surface area contributed by atoms with E-state index in [0.29, 0.717) is 5.41 Å². The fourth-order valence-corrected chi connectivity index (χ4v) is 1.48. The first-order chi connectivity index (χ1) is 5.43. The van der Waals surface area contributed by atoms with E-state index in [1.54, 1.807) is 0 Å².